The third kappa shape index (κ3) is 4.70. The predicted molar refractivity (Wildman–Crippen MR) is 92.3 cm³/mol. The quantitative estimate of drug-likeness (QED) is 0.814. The highest BCUT2D eigenvalue weighted by Gasteiger charge is 2.32. The maximum atomic E-state index is 12.3. The number of carboxylic acid groups (broad SMARTS) is 1. The van der Waals surface area contributed by atoms with E-state index in [9.17, 15) is 9.59 Å². The Kier molecular flexibility index (Phi) is 5.88. The zero-order valence-corrected chi connectivity index (χ0v) is 14.3. The zero-order chi connectivity index (χ0) is 17.6. The summed E-state index contributed by atoms with van der Waals surface area (Å²) in [5, 5.41) is 11.1. The number of carbonyl (C=O) groups is 2. The van der Waals surface area contributed by atoms with Crippen LogP contribution in [0, 0.1) is 0 Å². The summed E-state index contributed by atoms with van der Waals surface area (Å²) >= 11 is 0. The summed E-state index contributed by atoms with van der Waals surface area (Å²) in [6.45, 7) is 5.22. The van der Waals surface area contributed by atoms with Gasteiger partial charge in [-0.05, 0) is 17.5 Å². The van der Waals surface area contributed by atoms with Gasteiger partial charge in [-0.15, -0.1) is 0 Å². The maximum absolute atomic E-state index is 12.3. The van der Waals surface area contributed by atoms with Gasteiger partial charge in [0.05, 0.1) is 19.3 Å². The normalized spacial score (nSPS) is 21.5. The number of likely N-dealkylation sites (tertiary alicyclic amines) is 1. The molecule has 136 valence electrons. The number of hydrogen-bond acceptors (Lipinski definition) is 4. The van der Waals surface area contributed by atoms with E-state index in [-0.39, 0.29) is 18.5 Å². The van der Waals surface area contributed by atoms with Gasteiger partial charge >= 0.3 is 6.09 Å². The van der Waals surface area contributed by atoms with E-state index in [1.54, 1.807) is 0 Å². The topological polar surface area (TPSA) is 82.1 Å². The van der Waals surface area contributed by atoms with Crippen molar-refractivity contribution in [3.63, 3.8) is 0 Å². The van der Waals surface area contributed by atoms with Gasteiger partial charge in [-0.1, -0.05) is 24.3 Å². The first kappa shape index (κ1) is 17.7. The van der Waals surface area contributed by atoms with Crippen LogP contribution >= 0.6 is 0 Å². The molecule has 2 amide bonds. The summed E-state index contributed by atoms with van der Waals surface area (Å²) < 4.78 is 5.37. The Morgan fingerprint density at radius 1 is 1.28 bits per heavy atom. The average molecular weight is 347 g/mol. The first-order valence-electron chi connectivity index (χ1n) is 8.78. The Labute approximate surface area is 147 Å². The molecule has 7 nitrogen and oxygen atoms in total. The fraction of sp³-hybridized carbons (Fsp3) is 0.556. The highest BCUT2D eigenvalue weighted by Crippen LogP contribution is 2.33. The molecule has 2 heterocycles. The summed E-state index contributed by atoms with van der Waals surface area (Å²) in [6.07, 6.45) is 0.358. The molecule has 1 atom stereocenters. The van der Waals surface area contributed by atoms with Crippen molar-refractivity contribution in [3.05, 3.63) is 35.4 Å². The van der Waals surface area contributed by atoms with Gasteiger partial charge in [0.25, 0.3) is 0 Å². The van der Waals surface area contributed by atoms with E-state index in [1.165, 1.54) is 0 Å². The highest BCUT2D eigenvalue weighted by atomic mass is 16.5. The van der Waals surface area contributed by atoms with Crippen LogP contribution in [-0.2, 0) is 16.1 Å². The van der Waals surface area contributed by atoms with Crippen molar-refractivity contribution in [2.75, 3.05) is 39.4 Å². The van der Waals surface area contributed by atoms with E-state index in [0.717, 1.165) is 56.9 Å². The Bertz CT molecular complexity index is 616. The fourth-order valence-electron chi connectivity index (χ4n) is 3.52. The van der Waals surface area contributed by atoms with Crippen LogP contribution in [0.5, 0.6) is 0 Å². The number of benzene rings is 1. The number of amides is 2. The SMILES string of the molecule is O=C(O)NCc1cccc(C2CCC(=O)N2CCN2CCOCC2)c1. The molecule has 2 fully saturated rings. The van der Waals surface area contributed by atoms with E-state index < -0.39 is 6.09 Å². The minimum absolute atomic E-state index is 0.0818. The molecular weight excluding hydrogens is 322 g/mol. The molecule has 0 aliphatic carbocycles. The molecule has 2 saturated heterocycles. The van der Waals surface area contributed by atoms with Crippen molar-refractivity contribution < 1.29 is 19.4 Å². The Morgan fingerprint density at radius 2 is 2.08 bits per heavy atom. The van der Waals surface area contributed by atoms with Gasteiger partial charge in [-0.3, -0.25) is 9.69 Å². The third-order valence-corrected chi connectivity index (χ3v) is 4.87. The summed E-state index contributed by atoms with van der Waals surface area (Å²) in [5.74, 6) is 0.201. The minimum atomic E-state index is -1.03. The van der Waals surface area contributed by atoms with Gasteiger partial charge in [0.1, 0.15) is 0 Å². The molecule has 0 radical (unpaired) electrons. The monoisotopic (exact) mass is 347 g/mol. The molecule has 0 spiro atoms. The number of nitrogens with one attached hydrogen (secondary N) is 1. The van der Waals surface area contributed by atoms with E-state index in [1.807, 2.05) is 29.2 Å². The molecule has 7 heteroatoms. The first-order chi connectivity index (χ1) is 12.1. The number of ether oxygens (including phenoxy) is 1. The number of carbonyl (C=O) groups excluding carboxylic acids is 1. The predicted octanol–water partition coefficient (Wildman–Crippen LogP) is 1.45. The molecular formula is C18H25N3O4. The molecule has 2 aliphatic rings. The Hall–Kier alpha value is -2.12. The lowest BCUT2D eigenvalue weighted by atomic mass is 10.0. The lowest BCUT2D eigenvalue weighted by Gasteiger charge is -2.31. The van der Waals surface area contributed by atoms with Crippen LogP contribution in [0.15, 0.2) is 24.3 Å². The molecule has 0 saturated carbocycles. The molecule has 2 N–H and O–H groups in total. The molecule has 25 heavy (non-hydrogen) atoms. The number of morpholine rings is 1. The smallest absolute Gasteiger partial charge is 0.404 e. The lowest BCUT2D eigenvalue weighted by Crippen LogP contribution is -2.42. The number of nitrogens with zero attached hydrogens (tertiary/aromatic N) is 2. The van der Waals surface area contributed by atoms with Crippen molar-refractivity contribution in [1.29, 1.82) is 0 Å². The summed E-state index contributed by atoms with van der Waals surface area (Å²) in [4.78, 5) is 27.3. The summed E-state index contributed by atoms with van der Waals surface area (Å²) in [7, 11) is 0. The minimum Gasteiger partial charge on any atom is -0.465 e. The maximum Gasteiger partial charge on any atom is 0.404 e. The molecule has 1 aromatic carbocycles. The highest BCUT2D eigenvalue weighted by molar-refractivity contribution is 5.79. The van der Waals surface area contributed by atoms with E-state index in [4.69, 9.17) is 9.84 Å². The van der Waals surface area contributed by atoms with Crippen molar-refractivity contribution in [1.82, 2.24) is 15.1 Å². The Balaban J connectivity index is 1.64. The van der Waals surface area contributed by atoms with Crippen LogP contribution in [-0.4, -0.2) is 66.3 Å². The average Bonchev–Trinajstić information content (AvgIpc) is 3.00. The standard InChI is InChI=1S/C18H25N3O4/c22-17-5-4-16(21(17)7-6-20-8-10-25-11-9-20)15-3-1-2-14(12-15)13-19-18(23)24/h1-3,12,16,19H,4-11,13H2,(H,23,24). The van der Waals surface area contributed by atoms with Gasteiger partial charge in [-0.25, -0.2) is 4.79 Å². The molecule has 0 aromatic heterocycles. The van der Waals surface area contributed by atoms with Gasteiger partial charge in [0, 0.05) is 39.1 Å². The molecule has 1 unspecified atom stereocenters. The van der Waals surface area contributed by atoms with E-state index in [0.29, 0.717) is 6.42 Å². The fourth-order valence-corrected chi connectivity index (χ4v) is 3.52. The second-order valence-electron chi connectivity index (χ2n) is 6.50. The van der Waals surface area contributed by atoms with E-state index in [2.05, 4.69) is 10.2 Å². The van der Waals surface area contributed by atoms with Crippen molar-refractivity contribution in [2.45, 2.75) is 25.4 Å². The van der Waals surface area contributed by atoms with Gasteiger partial charge in [0.15, 0.2) is 0 Å². The van der Waals surface area contributed by atoms with Crippen molar-refractivity contribution in [3.8, 4) is 0 Å². The summed E-state index contributed by atoms with van der Waals surface area (Å²) in [6, 6.07) is 7.93. The largest absolute Gasteiger partial charge is 0.465 e. The van der Waals surface area contributed by atoms with Crippen LogP contribution in [0.4, 0.5) is 4.79 Å². The molecule has 3 rings (SSSR count). The molecule has 2 aliphatic heterocycles. The molecule has 0 bridgehead atoms. The van der Waals surface area contributed by atoms with Crippen LogP contribution < -0.4 is 5.32 Å². The zero-order valence-electron chi connectivity index (χ0n) is 14.3. The number of hydrogen-bond donors (Lipinski definition) is 2. The molecule has 1 aromatic rings. The van der Waals surface area contributed by atoms with Crippen LogP contribution in [0.25, 0.3) is 0 Å². The van der Waals surface area contributed by atoms with Crippen LogP contribution in [0.3, 0.4) is 0 Å². The summed E-state index contributed by atoms with van der Waals surface area (Å²) in [5.41, 5.74) is 1.99. The third-order valence-electron chi connectivity index (χ3n) is 4.87. The lowest BCUT2D eigenvalue weighted by molar-refractivity contribution is -0.129. The first-order valence-corrected chi connectivity index (χ1v) is 8.78. The second kappa shape index (κ2) is 8.31. The van der Waals surface area contributed by atoms with Gasteiger partial charge in [-0.2, -0.15) is 0 Å². The van der Waals surface area contributed by atoms with Gasteiger partial charge in [0.2, 0.25) is 5.91 Å². The van der Waals surface area contributed by atoms with E-state index >= 15 is 0 Å². The Morgan fingerprint density at radius 3 is 2.84 bits per heavy atom. The van der Waals surface area contributed by atoms with Gasteiger partial charge < -0.3 is 20.1 Å². The van der Waals surface area contributed by atoms with Crippen molar-refractivity contribution >= 4 is 12.0 Å². The van der Waals surface area contributed by atoms with Crippen LogP contribution in [0.1, 0.15) is 30.0 Å². The van der Waals surface area contributed by atoms with Crippen molar-refractivity contribution in [2.24, 2.45) is 0 Å². The number of rotatable bonds is 6. The van der Waals surface area contributed by atoms with Crippen LogP contribution in [0.2, 0.25) is 0 Å². The second-order valence-corrected chi connectivity index (χ2v) is 6.50.